The fourth-order valence-electron chi connectivity index (χ4n) is 2.25. The highest BCUT2D eigenvalue weighted by Crippen LogP contribution is 2.29. The fraction of sp³-hybridized carbons (Fsp3) is 0.600. The number of ether oxygens (including phenoxy) is 2. The van der Waals surface area contributed by atoms with E-state index in [4.69, 9.17) is 9.47 Å². The molecule has 0 aromatic heterocycles. The summed E-state index contributed by atoms with van der Waals surface area (Å²) in [5.74, 6) is 1.45. The van der Waals surface area contributed by atoms with Crippen LogP contribution in [0.4, 0.5) is 0 Å². The summed E-state index contributed by atoms with van der Waals surface area (Å²) in [6.07, 6.45) is 1.10. The van der Waals surface area contributed by atoms with Crippen molar-refractivity contribution in [1.82, 2.24) is 5.32 Å². The molecule has 106 valence electrons. The van der Waals surface area contributed by atoms with Gasteiger partial charge in [0.05, 0.1) is 17.7 Å². The first-order valence-electron chi connectivity index (χ1n) is 6.94. The van der Waals surface area contributed by atoms with E-state index in [1.54, 1.807) is 0 Å². The summed E-state index contributed by atoms with van der Waals surface area (Å²) in [5, 5.41) is 3.41. The molecule has 2 atom stereocenters. The predicted molar refractivity (Wildman–Crippen MR) is 80.7 cm³/mol. The summed E-state index contributed by atoms with van der Waals surface area (Å²) in [7, 11) is 0. The van der Waals surface area contributed by atoms with Crippen LogP contribution in [-0.4, -0.2) is 26.4 Å². The Bertz CT molecular complexity index is 405. The molecule has 1 heterocycles. The highest BCUT2D eigenvalue weighted by atomic mass is 79.9. The minimum atomic E-state index is 0.360. The second kappa shape index (κ2) is 7.27. The van der Waals surface area contributed by atoms with Gasteiger partial charge in [-0.25, -0.2) is 0 Å². The number of nitrogens with one attached hydrogen (secondary N) is 1. The van der Waals surface area contributed by atoms with Crippen LogP contribution < -0.4 is 10.1 Å². The molecule has 1 aliphatic heterocycles. The Kier molecular flexibility index (Phi) is 5.67. The van der Waals surface area contributed by atoms with E-state index in [9.17, 15) is 0 Å². The second-order valence-corrected chi connectivity index (χ2v) is 5.86. The molecular formula is C15H22BrNO2. The third-order valence-corrected chi connectivity index (χ3v) is 4.08. The third-order valence-electron chi connectivity index (χ3n) is 3.46. The van der Waals surface area contributed by atoms with E-state index in [0.717, 1.165) is 43.0 Å². The van der Waals surface area contributed by atoms with Gasteiger partial charge in [-0.1, -0.05) is 13.0 Å². The van der Waals surface area contributed by atoms with Crippen molar-refractivity contribution in [3.05, 3.63) is 28.2 Å². The Morgan fingerprint density at radius 1 is 1.53 bits per heavy atom. The van der Waals surface area contributed by atoms with E-state index < -0.39 is 0 Å². The maximum atomic E-state index is 5.87. The Morgan fingerprint density at radius 3 is 3.00 bits per heavy atom. The van der Waals surface area contributed by atoms with Crippen LogP contribution in [-0.2, 0) is 4.74 Å². The molecule has 19 heavy (non-hydrogen) atoms. The lowest BCUT2D eigenvalue weighted by atomic mass is 10.1. The van der Waals surface area contributed by atoms with Crippen molar-refractivity contribution in [2.45, 2.75) is 26.3 Å². The first-order valence-corrected chi connectivity index (χ1v) is 7.73. The molecule has 0 aliphatic carbocycles. The molecule has 1 aromatic rings. The average Bonchev–Trinajstić information content (AvgIpc) is 2.90. The molecule has 0 amide bonds. The first kappa shape index (κ1) is 14.8. The maximum absolute atomic E-state index is 5.87. The smallest absolute Gasteiger partial charge is 0.133 e. The van der Waals surface area contributed by atoms with Gasteiger partial charge in [0.25, 0.3) is 0 Å². The Morgan fingerprint density at radius 2 is 2.37 bits per heavy atom. The lowest BCUT2D eigenvalue weighted by molar-refractivity contribution is 0.167. The molecule has 1 N–H and O–H groups in total. The van der Waals surface area contributed by atoms with Gasteiger partial charge in [-0.15, -0.1) is 0 Å². The Labute approximate surface area is 123 Å². The zero-order valence-corrected chi connectivity index (χ0v) is 13.2. The van der Waals surface area contributed by atoms with Crippen molar-refractivity contribution < 1.29 is 9.47 Å². The van der Waals surface area contributed by atoms with Crippen LogP contribution in [0.25, 0.3) is 0 Å². The molecule has 0 radical (unpaired) electrons. The zero-order chi connectivity index (χ0) is 13.7. The Hall–Kier alpha value is -0.580. The van der Waals surface area contributed by atoms with Gasteiger partial charge in [-0.05, 0) is 53.5 Å². The molecule has 0 spiro atoms. The minimum Gasteiger partial charge on any atom is -0.492 e. The molecule has 0 bridgehead atoms. The maximum Gasteiger partial charge on any atom is 0.133 e. The predicted octanol–water partition coefficient (Wildman–Crippen LogP) is 3.53. The standard InChI is InChI=1S/C15H22BrNO2/c1-3-17-11(2)13-4-5-15(14(16)8-13)19-10-12-6-7-18-9-12/h4-5,8,11-12,17H,3,6-7,9-10H2,1-2H3. The van der Waals surface area contributed by atoms with Crippen LogP contribution in [0.1, 0.15) is 31.9 Å². The molecule has 1 aliphatic rings. The number of halogens is 1. The molecule has 4 heteroatoms. The second-order valence-electron chi connectivity index (χ2n) is 5.01. The molecule has 2 unspecified atom stereocenters. The normalized spacial score (nSPS) is 20.5. The van der Waals surface area contributed by atoms with Crippen LogP contribution in [0.5, 0.6) is 5.75 Å². The topological polar surface area (TPSA) is 30.5 Å². The summed E-state index contributed by atoms with van der Waals surface area (Å²) in [4.78, 5) is 0. The molecule has 2 rings (SSSR count). The minimum absolute atomic E-state index is 0.360. The SMILES string of the molecule is CCNC(C)c1ccc(OCC2CCOC2)c(Br)c1. The first-order chi connectivity index (χ1) is 9.20. The summed E-state index contributed by atoms with van der Waals surface area (Å²) in [6.45, 7) is 7.69. The van der Waals surface area contributed by atoms with E-state index >= 15 is 0 Å². The van der Waals surface area contributed by atoms with E-state index in [-0.39, 0.29) is 0 Å². The zero-order valence-electron chi connectivity index (χ0n) is 11.6. The lowest BCUT2D eigenvalue weighted by Crippen LogP contribution is -2.17. The lowest BCUT2D eigenvalue weighted by Gasteiger charge is -2.16. The largest absolute Gasteiger partial charge is 0.492 e. The number of rotatable bonds is 6. The highest BCUT2D eigenvalue weighted by Gasteiger charge is 2.17. The van der Waals surface area contributed by atoms with Crippen molar-refractivity contribution >= 4 is 15.9 Å². The summed E-state index contributed by atoms with van der Waals surface area (Å²) in [6, 6.07) is 6.66. The van der Waals surface area contributed by atoms with Crippen LogP contribution in [0.2, 0.25) is 0 Å². The summed E-state index contributed by atoms with van der Waals surface area (Å²) < 4.78 is 12.2. The Balaban J connectivity index is 1.94. The highest BCUT2D eigenvalue weighted by molar-refractivity contribution is 9.10. The van der Waals surface area contributed by atoms with Gasteiger partial charge in [0.2, 0.25) is 0 Å². The molecular weight excluding hydrogens is 306 g/mol. The van der Waals surface area contributed by atoms with Gasteiger partial charge in [-0.2, -0.15) is 0 Å². The number of benzene rings is 1. The molecule has 1 saturated heterocycles. The quantitative estimate of drug-likeness (QED) is 0.866. The number of hydrogen-bond donors (Lipinski definition) is 1. The van der Waals surface area contributed by atoms with Crippen LogP contribution >= 0.6 is 15.9 Å². The van der Waals surface area contributed by atoms with Crippen molar-refractivity contribution in [2.75, 3.05) is 26.4 Å². The van der Waals surface area contributed by atoms with E-state index in [2.05, 4.69) is 47.2 Å². The van der Waals surface area contributed by atoms with Crippen molar-refractivity contribution in [3.8, 4) is 5.75 Å². The molecule has 3 nitrogen and oxygen atoms in total. The van der Waals surface area contributed by atoms with Gasteiger partial charge < -0.3 is 14.8 Å². The van der Waals surface area contributed by atoms with Crippen molar-refractivity contribution in [2.24, 2.45) is 5.92 Å². The monoisotopic (exact) mass is 327 g/mol. The van der Waals surface area contributed by atoms with Gasteiger partial charge in [0.15, 0.2) is 0 Å². The van der Waals surface area contributed by atoms with Crippen LogP contribution in [0.15, 0.2) is 22.7 Å². The molecule has 1 fully saturated rings. The summed E-state index contributed by atoms with van der Waals surface area (Å²) >= 11 is 3.59. The fourth-order valence-corrected chi connectivity index (χ4v) is 2.76. The van der Waals surface area contributed by atoms with E-state index in [1.165, 1.54) is 5.56 Å². The van der Waals surface area contributed by atoms with E-state index in [0.29, 0.717) is 12.0 Å². The van der Waals surface area contributed by atoms with Gasteiger partial charge in [0, 0.05) is 18.6 Å². The third kappa shape index (κ3) is 4.20. The van der Waals surface area contributed by atoms with Crippen molar-refractivity contribution in [1.29, 1.82) is 0 Å². The van der Waals surface area contributed by atoms with Crippen molar-refractivity contribution in [3.63, 3.8) is 0 Å². The molecule has 0 saturated carbocycles. The van der Waals surface area contributed by atoms with Crippen LogP contribution in [0, 0.1) is 5.92 Å². The summed E-state index contributed by atoms with van der Waals surface area (Å²) in [5.41, 5.74) is 1.27. The van der Waals surface area contributed by atoms with Gasteiger partial charge in [0.1, 0.15) is 5.75 Å². The van der Waals surface area contributed by atoms with Gasteiger partial charge in [-0.3, -0.25) is 0 Å². The molecule has 1 aromatic carbocycles. The average molecular weight is 328 g/mol. The van der Waals surface area contributed by atoms with Gasteiger partial charge >= 0.3 is 0 Å². The number of hydrogen-bond acceptors (Lipinski definition) is 3. The van der Waals surface area contributed by atoms with E-state index in [1.807, 2.05) is 6.07 Å². The van der Waals surface area contributed by atoms with Crippen LogP contribution in [0.3, 0.4) is 0 Å².